The normalized spacial score (nSPS) is 10.5. The van der Waals surface area contributed by atoms with Gasteiger partial charge in [-0.1, -0.05) is 24.3 Å². The van der Waals surface area contributed by atoms with Crippen molar-refractivity contribution in [2.75, 3.05) is 31.0 Å². The number of ether oxygens (including phenoxy) is 3. The fourth-order valence-corrected chi connectivity index (χ4v) is 3.43. The Morgan fingerprint density at radius 2 is 1.61 bits per heavy atom. The molecular formula is C28H30N4O6. The van der Waals surface area contributed by atoms with Gasteiger partial charge in [0.2, 0.25) is 0 Å². The Morgan fingerprint density at radius 3 is 2.32 bits per heavy atom. The zero-order valence-electron chi connectivity index (χ0n) is 21.7. The summed E-state index contributed by atoms with van der Waals surface area (Å²) in [5.41, 5.74) is 5.66. The summed E-state index contributed by atoms with van der Waals surface area (Å²) in [5, 5.41) is 9.20. The van der Waals surface area contributed by atoms with Crippen LogP contribution in [0.2, 0.25) is 0 Å². The molecule has 198 valence electrons. The number of aryl methyl sites for hydroxylation is 2. The van der Waals surface area contributed by atoms with Crippen molar-refractivity contribution in [3.8, 4) is 17.2 Å². The number of nitrogens with one attached hydrogen (secondary N) is 3. The molecule has 3 aromatic carbocycles. The molecule has 0 heterocycles. The molecule has 3 aromatic rings. The van der Waals surface area contributed by atoms with Gasteiger partial charge in [0.1, 0.15) is 5.75 Å². The van der Waals surface area contributed by atoms with Crippen LogP contribution in [-0.4, -0.2) is 44.3 Å². The van der Waals surface area contributed by atoms with E-state index in [4.69, 9.17) is 14.2 Å². The van der Waals surface area contributed by atoms with Crippen LogP contribution in [0.15, 0.2) is 65.8 Å². The van der Waals surface area contributed by atoms with Crippen LogP contribution >= 0.6 is 0 Å². The summed E-state index contributed by atoms with van der Waals surface area (Å²) >= 11 is 0. The Hall–Kier alpha value is -4.86. The van der Waals surface area contributed by atoms with Gasteiger partial charge in [0.05, 0.1) is 19.9 Å². The highest BCUT2D eigenvalue weighted by molar-refractivity contribution is 6.39. The number of carbonyl (C=O) groups excluding carboxylic acids is 3. The zero-order chi connectivity index (χ0) is 27.5. The van der Waals surface area contributed by atoms with E-state index in [1.54, 1.807) is 49.6 Å². The maximum absolute atomic E-state index is 12.3. The summed E-state index contributed by atoms with van der Waals surface area (Å²) in [5.74, 6) is -0.709. The molecule has 10 heteroatoms. The lowest BCUT2D eigenvalue weighted by Gasteiger charge is -2.13. The van der Waals surface area contributed by atoms with Gasteiger partial charge in [0.25, 0.3) is 5.91 Å². The van der Waals surface area contributed by atoms with E-state index >= 15 is 0 Å². The van der Waals surface area contributed by atoms with Crippen LogP contribution < -0.4 is 30.3 Å². The van der Waals surface area contributed by atoms with E-state index in [2.05, 4.69) is 21.2 Å². The average Bonchev–Trinajstić information content (AvgIpc) is 2.90. The minimum Gasteiger partial charge on any atom is -0.497 e. The van der Waals surface area contributed by atoms with E-state index in [0.29, 0.717) is 40.8 Å². The first-order valence-corrected chi connectivity index (χ1v) is 11.8. The number of para-hydroxylation sites is 1. The van der Waals surface area contributed by atoms with Crippen molar-refractivity contribution in [1.82, 2.24) is 5.43 Å². The lowest BCUT2D eigenvalue weighted by molar-refractivity contribution is -0.136. The molecule has 3 rings (SSSR count). The van der Waals surface area contributed by atoms with Gasteiger partial charge in [-0.2, -0.15) is 5.10 Å². The van der Waals surface area contributed by atoms with Crippen LogP contribution in [0, 0.1) is 13.8 Å². The zero-order valence-corrected chi connectivity index (χ0v) is 21.7. The van der Waals surface area contributed by atoms with Gasteiger partial charge >= 0.3 is 11.8 Å². The predicted molar refractivity (Wildman–Crippen MR) is 145 cm³/mol. The fourth-order valence-electron chi connectivity index (χ4n) is 3.43. The Labute approximate surface area is 221 Å². The molecule has 3 amide bonds. The monoisotopic (exact) mass is 518 g/mol. The average molecular weight is 519 g/mol. The number of hydrogen-bond acceptors (Lipinski definition) is 7. The Balaban J connectivity index is 1.57. The largest absolute Gasteiger partial charge is 0.497 e. The van der Waals surface area contributed by atoms with E-state index in [1.807, 2.05) is 39.0 Å². The summed E-state index contributed by atoms with van der Waals surface area (Å²) in [6.45, 7) is 5.62. The molecule has 0 saturated heterocycles. The van der Waals surface area contributed by atoms with E-state index in [9.17, 15) is 14.4 Å². The third kappa shape index (κ3) is 7.82. The molecule has 0 saturated carbocycles. The molecule has 38 heavy (non-hydrogen) atoms. The molecule has 0 aliphatic carbocycles. The summed E-state index contributed by atoms with van der Waals surface area (Å²) in [7, 11) is 1.55. The summed E-state index contributed by atoms with van der Waals surface area (Å²) in [6.07, 6.45) is 1.37. The molecule has 0 aliphatic heterocycles. The topological polar surface area (TPSA) is 127 Å². The number of anilines is 2. The van der Waals surface area contributed by atoms with E-state index in [0.717, 1.165) is 11.1 Å². The molecule has 10 nitrogen and oxygen atoms in total. The van der Waals surface area contributed by atoms with Gasteiger partial charge in [-0.3, -0.25) is 14.4 Å². The van der Waals surface area contributed by atoms with Gasteiger partial charge in [-0.05, 0) is 67.8 Å². The van der Waals surface area contributed by atoms with Gasteiger partial charge in [-0.25, -0.2) is 5.43 Å². The molecule has 0 radical (unpaired) electrons. The summed E-state index contributed by atoms with van der Waals surface area (Å²) in [4.78, 5) is 36.7. The van der Waals surface area contributed by atoms with Crippen molar-refractivity contribution in [1.29, 1.82) is 0 Å². The second-order valence-electron chi connectivity index (χ2n) is 8.13. The fraction of sp³-hybridized carbons (Fsp3) is 0.214. The first-order chi connectivity index (χ1) is 18.3. The van der Waals surface area contributed by atoms with Gasteiger partial charge in [-0.15, -0.1) is 0 Å². The lowest BCUT2D eigenvalue weighted by Crippen LogP contribution is -2.32. The molecule has 0 fully saturated rings. The van der Waals surface area contributed by atoms with Crippen LogP contribution in [0.25, 0.3) is 0 Å². The number of nitrogens with zero attached hydrogens (tertiary/aromatic N) is 1. The van der Waals surface area contributed by atoms with E-state index in [-0.39, 0.29) is 12.5 Å². The van der Waals surface area contributed by atoms with Gasteiger partial charge in [0, 0.05) is 17.4 Å². The number of carbonyl (C=O) groups is 3. The molecule has 0 spiro atoms. The molecule has 0 atom stereocenters. The Bertz CT molecular complexity index is 1320. The quantitative estimate of drug-likeness (QED) is 0.213. The number of hydrazone groups is 1. The Morgan fingerprint density at radius 1 is 0.868 bits per heavy atom. The van der Waals surface area contributed by atoms with Gasteiger partial charge in [0.15, 0.2) is 18.1 Å². The molecular weight excluding hydrogens is 488 g/mol. The van der Waals surface area contributed by atoms with Crippen molar-refractivity contribution in [3.05, 3.63) is 77.4 Å². The molecule has 3 N–H and O–H groups in total. The minimum atomic E-state index is -0.907. The number of amides is 3. The van der Waals surface area contributed by atoms with Crippen LogP contribution in [0.5, 0.6) is 17.2 Å². The molecule has 0 bridgehead atoms. The number of rotatable bonds is 10. The van der Waals surface area contributed by atoms with Crippen molar-refractivity contribution >= 4 is 35.3 Å². The van der Waals surface area contributed by atoms with Gasteiger partial charge < -0.3 is 24.8 Å². The molecule has 0 aliphatic rings. The van der Waals surface area contributed by atoms with Crippen LogP contribution in [0.3, 0.4) is 0 Å². The molecule has 0 aromatic heterocycles. The first kappa shape index (κ1) is 27.7. The highest BCUT2D eigenvalue weighted by atomic mass is 16.5. The van der Waals surface area contributed by atoms with Crippen molar-refractivity contribution in [2.24, 2.45) is 5.10 Å². The van der Waals surface area contributed by atoms with Crippen LogP contribution in [0.4, 0.5) is 11.4 Å². The number of methoxy groups -OCH3 is 1. The first-order valence-electron chi connectivity index (χ1n) is 11.8. The maximum Gasteiger partial charge on any atom is 0.329 e. The highest BCUT2D eigenvalue weighted by Gasteiger charge is 2.15. The summed E-state index contributed by atoms with van der Waals surface area (Å²) < 4.78 is 16.4. The molecule has 0 unspecified atom stereocenters. The highest BCUT2D eigenvalue weighted by Crippen LogP contribution is 2.28. The van der Waals surface area contributed by atoms with Crippen molar-refractivity contribution in [3.63, 3.8) is 0 Å². The predicted octanol–water partition coefficient (Wildman–Crippen LogP) is 3.82. The van der Waals surface area contributed by atoms with E-state index < -0.39 is 11.8 Å². The number of hydrogen-bond donors (Lipinski definition) is 3. The van der Waals surface area contributed by atoms with Crippen molar-refractivity contribution < 1.29 is 28.6 Å². The second kappa shape index (κ2) is 13.4. The Kier molecular flexibility index (Phi) is 9.81. The smallest absolute Gasteiger partial charge is 0.329 e. The second-order valence-corrected chi connectivity index (χ2v) is 8.13. The number of benzene rings is 3. The third-order valence-corrected chi connectivity index (χ3v) is 5.29. The third-order valence-electron chi connectivity index (χ3n) is 5.29. The van der Waals surface area contributed by atoms with Crippen molar-refractivity contribution in [2.45, 2.75) is 20.8 Å². The van der Waals surface area contributed by atoms with Crippen LogP contribution in [-0.2, 0) is 14.4 Å². The summed E-state index contributed by atoms with van der Waals surface area (Å²) in [6, 6.07) is 17.5. The minimum absolute atomic E-state index is 0.240. The van der Waals surface area contributed by atoms with E-state index in [1.165, 1.54) is 6.21 Å². The maximum atomic E-state index is 12.3. The standard InChI is InChI=1S/C28H30N4O6/c1-5-37-24-14-20(16-29-32-28(35)27(34)31-26-18(2)8-6-9-19(26)3)12-13-23(24)38-17-25(33)30-21-10-7-11-22(15-21)36-4/h6-16H,5,17H2,1-4H3,(H,30,33)(H,31,34)(H,32,35)/b29-16-. The SMILES string of the molecule is CCOc1cc(/C=N\NC(=O)C(=O)Nc2c(C)cccc2C)ccc1OCC(=O)Nc1cccc(OC)c1. The van der Waals surface area contributed by atoms with Crippen LogP contribution in [0.1, 0.15) is 23.6 Å². The lowest BCUT2D eigenvalue weighted by atomic mass is 10.1.